The number of amides is 2. The first-order valence-corrected chi connectivity index (χ1v) is 10.4. The Labute approximate surface area is 185 Å². The third kappa shape index (κ3) is 5.62. The second kappa shape index (κ2) is 10.6. The molecule has 0 saturated heterocycles. The van der Waals surface area contributed by atoms with Crippen molar-refractivity contribution in [2.45, 2.75) is 20.8 Å². The number of nitrogens with one attached hydrogen (secondary N) is 2. The zero-order valence-corrected chi connectivity index (χ0v) is 18.7. The van der Waals surface area contributed by atoms with Crippen LogP contribution in [0.5, 0.6) is 0 Å². The molecular weight excluding hydrogens is 416 g/mol. The SMILES string of the molecule is CNC(=O)c1c(C=O)cccc1NC(=O)CS/C(=N/N)N(N)c1c(C)cc(C)cc1C. The van der Waals surface area contributed by atoms with E-state index in [1.54, 1.807) is 12.1 Å². The van der Waals surface area contributed by atoms with Crippen LogP contribution in [-0.4, -0.2) is 36.1 Å². The molecule has 0 aromatic heterocycles. The average molecular weight is 443 g/mol. The van der Waals surface area contributed by atoms with Crippen LogP contribution in [0.4, 0.5) is 11.4 Å². The van der Waals surface area contributed by atoms with Gasteiger partial charge in [-0.3, -0.25) is 19.4 Å². The minimum atomic E-state index is -0.478. The number of aryl methyl sites for hydroxylation is 3. The molecule has 6 N–H and O–H groups in total. The summed E-state index contributed by atoms with van der Waals surface area (Å²) in [6.07, 6.45) is 0.562. The van der Waals surface area contributed by atoms with Crippen LogP contribution in [0.3, 0.4) is 0 Å². The number of hydrazone groups is 1. The van der Waals surface area contributed by atoms with E-state index in [-0.39, 0.29) is 27.7 Å². The van der Waals surface area contributed by atoms with Crippen LogP contribution in [0.15, 0.2) is 35.4 Å². The molecule has 10 heteroatoms. The highest BCUT2D eigenvalue weighted by molar-refractivity contribution is 8.14. The standard InChI is InChI=1S/C21H26N6O3S/c1-12-8-13(2)19(14(3)9-12)27(23)21(26-22)31-11-17(29)25-16-7-5-6-15(10-28)18(16)20(30)24-4/h5-10H,11,22-23H2,1-4H3,(H,24,30)(H,25,29)/b26-21+. The fraction of sp³-hybridized carbons (Fsp3) is 0.238. The quantitative estimate of drug-likeness (QED) is 0.176. The van der Waals surface area contributed by atoms with Crippen molar-refractivity contribution >= 4 is 46.4 Å². The van der Waals surface area contributed by atoms with E-state index < -0.39 is 11.8 Å². The Hall–Kier alpha value is -3.37. The Morgan fingerprint density at radius 3 is 2.39 bits per heavy atom. The number of benzene rings is 2. The number of thioether (sulfide) groups is 1. The summed E-state index contributed by atoms with van der Waals surface area (Å²) in [6.45, 7) is 5.86. The minimum absolute atomic E-state index is 0.0633. The van der Waals surface area contributed by atoms with Crippen LogP contribution in [0, 0.1) is 20.8 Å². The molecule has 2 aromatic carbocycles. The van der Waals surface area contributed by atoms with E-state index >= 15 is 0 Å². The van der Waals surface area contributed by atoms with Gasteiger partial charge in [0.1, 0.15) is 0 Å². The van der Waals surface area contributed by atoms with Crippen LogP contribution >= 0.6 is 11.8 Å². The average Bonchev–Trinajstić information content (AvgIpc) is 2.72. The van der Waals surface area contributed by atoms with Crippen molar-refractivity contribution in [1.29, 1.82) is 0 Å². The first-order chi connectivity index (χ1) is 14.7. The number of carbonyl (C=O) groups excluding carboxylic acids is 3. The molecule has 0 bridgehead atoms. The number of nitrogens with zero attached hydrogens (tertiary/aromatic N) is 2. The lowest BCUT2D eigenvalue weighted by atomic mass is 10.1. The van der Waals surface area contributed by atoms with Crippen molar-refractivity contribution in [2.24, 2.45) is 16.8 Å². The highest BCUT2D eigenvalue weighted by atomic mass is 32.2. The summed E-state index contributed by atoms with van der Waals surface area (Å²) in [6, 6.07) is 8.62. The zero-order chi connectivity index (χ0) is 23.1. The second-order valence-electron chi connectivity index (χ2n) is 6.83. The van der Waals surface area contributed by atoms with Gasteiger partial charge in [0, 0.05) is 12.6 Å². The summed E-state index contributed by atoms with van der Waals surface area (Å²) < 4.78 is 0. The van der Waals surface area contributed by atoms with Crippen LogP contribution in [0.2, 0.25) is 0 Å². The van der Waals surface area contributed by atoms with Gasteiger partial charge in [-0.15, -0.1) is 0 Å². The summed E-state index contributed by atoms with van der Waals surface area (Å²) in [4.78, 5) is 36.0. The molecule has 0 atom stereocenters. The van der Waals surface area contributed by atoms with Gasteiger partial charge < -0.3 is 16.5 Å². The Balaban J connectivity index is 2.16. The fourth-order valence-corrected chi connectivity index (χ4v) is 3.92. The molecular formula is C21H26N6O3S. The molecule has 31 heavy (non-hydrogen) atoms. The topological polar surface area (TPSA) is 143 Å². The lowest BCUT2D eigenvalue weighted by Gasteiger charge is -2.23. The van der Waals surface area contributed by atoms with Gasteiger partial charge in [-0.2, -0.15) is 5.10 Å². The second-order valence-corrected chi connectivity index (χ2v) is 7.78. The first kappa shape index (κ1) is 23.9. The largest absolute Gasteiger partial charge is 0.355 e. The van der Waals surface area contributed by atoms with Crippen molar-refractivity contribution in [1.82, 2.24) is 5.32 Å². The predicted octanol–water partition coefficient (Wildman–Crippen LogP) is 2.07. The fourth-order valence-electron chi connectivity index (χ4n) is 3.28. The monoisotopic (exact) mass is 442 g/mol. The van der Waals surface area contributed by atoms with Crippen molar-refractivity contribution in [3.63, 3.8) is 0 Å². The maximum atomic E-state index is 12.5. The Kier molecular flexibility index (Phi) is 8.17. The molecule has 2 rings (SSSR count). The number of rotatable bonds is 6. The van der Waals surface area contributed by atoms with Gasteiger partial charge in [0.05, 0.1) is 22.7 Å². The lowest BCUT2D eigenvalue weighted by Crippen LogP contribution is -2.38. The Morgan fingerprint density at radius 2 is 1.84 bits per heavy atom. The Bertz CT molecular complexity index is 1010. The van der Waals surface area contributed by atoms with Gasteiger partial charge in [-0.1, -0.05) is 41.6 Å². The molecule has 0 aliphatic carbocycles. The Morgan fingerprint density at radius 1 is 1.19 bits per heavy atom. The maximum absolute atomic E-state index is 12.5. The number of hydrazine groups is 1. The molecule has 0 aliphatic rings. The van der Waals surface area contributed by atoms with Crippen LogP contribution < -0.4 is 27.3 Å². The lowest BCUT2D eigenvalue weighted by molar-refractivity contribution is -0.113. The summed E-state index contributed by atoms with van der Waals surface area (Å²) >= 11 is 1.05. The van der Waals surface area contributed by atoms with Crippen LogP contribution in [-0.2, 0) is 4.79 Å². The number of hydrogen-bond acceptors (Lipinski definition) is 7. The van der Waals surface area contributed by atoms with Gasteiger partial charge in [0.25, 0.3) is 5.91 Å². The van der Waals surface area contributed by atoms with Crippen molar-refractivity contribution in [3.8, 4) is 0 Å². The van der Waals surface area contributed by atoms with E-state index in [1.165, 1.54) is 18.1 Å². The van der Waals surface area contributed by atoms with Gasteiger partial charge in [-0.25, -0.2) is 5.84 Å². The van der Waals surface area contributed by atoms with E-state index in [9.17, 15) is 14.4 Å². The summed E-state index contributed by atoms with van der Waals surface area (Å²) in [7, 11) is 1.44. The summed E-state index contributed by atoms with van der Waals surface area (Å²) in [5.74, 6) is 10.8. The molecule has 0 fully saturated rings. The number of hydrogen-bond donors (Lipinski definition) is 4. The molecule has 2 amide bonds. The number of aldehydes is 1. The van der Waals surface area contributed by atoms with E-state index in [1.807, 2.05) is 32.9 Å². The molecule has 2 aromatic rings. The van der Waals surface area contributed by atoms with Crippen molar-refractivity contribution in [2.75, 3.05) is 23.1 Å². The molecule has 0 heterocycles. The van der Waals surface area contributed by atoms with Crippen molar-refractivity contribution < 1.29 is 14.4 Å². The smallest absolute Gasteiger partial charge is 0.253 e. The van der Waals surface area contributed by atoms with Crippen LogP contribution in [0.25, 0.3) is 0 Å². The van der Waals surface area contributed by atoms with Gasteiger partial charge in [0.15, 0.2) is 6.29 Å². The maximum Gasteiger partial charge on any atom is 0.253 e. The van der Waals surface area contributed by atoms with E-state index in [4.69, 9.17) is 11.7 Å². The third-order valence-electron chi connectivity index (χ3n) is 4.48. The molecule has 0 saturated carbocycles. The third-order valence-corrected chi connectivity index (χ3v) is 5.44. The number of nitrogens with two attached hydrogens (primary N) is 2. The van der Waals surface area contributed by atoms with Gasteiger partial charge >= 0.3 is 0 Å². The summed E-state index contributed by atoms with van der Waals surface area (Å²) in [5.41, 5.74) is 4.26. The van der Waals surface area contributed by atoms with Gasteiger partial charge in [-0.05, 0) is 38.0 Å². The number of anilines is 2. The zero-order valence-electron chi connectivity index (χ0n) is 17.9. The molecule has 0 spiro atoms. The van der Waals surface area contributed by atoms with E-state index in [0.717, 1.165) is 34.1 Å². The predicted molar refractivity (Wildman–Crippen MR) is 125 cm³/mol. The molecule has 0 aliphatic heterocycles. The summed E-state index contributed by atoms with van der Waals surface area (Å²) in [5, 5.41) is 10.4. The van der Waals surface area contributed by atoms with E-state index in [2.05, 4.69) is 15.7 Å². The highest BCUT2D eigenvalue weighted by Crippen LogP contribution is 2.27. The highest BCUT2D eigenvalue weighted by Gasteiger charge is 2.19. The minimum Gasteiger partial charge on any atom is -0.355 e. The molecule has 0 unspecified atom stereocenters. The van der Waals surface area contributed by atoms with Crippen molar-refractivity contribution in [3.05, 3.63) is 58.1 Å². The van der Waals surface area contributed by atoms with Gasteiger partial charge in [0.2, 0.25) is 11.1 Å². The molecule has 9 nitrogen and oxygen atoms in total. The first-order valence-electron chi connectivity index (χ1n) is 9.36. The number of amidine groups is 1. The normalized spacial score (nSPS) is 11.1. The molecule has 164 valence electrons. The van der Waals surface area contributed by atoms with E-state index in [0.29, 0.717) is 6.29 Å². The molecule has 0 radical (unpaired) electrons. The number of carbonyl (C=O) groups is 3. The van der Waals surface area contributed by atoms with Crippen LogP contribution in [0.1, 0.15) is 37.4 Å².